The van der Waals surface area contributed by atoms with Crippen LogP contribution in [0.5, 0.6) is 0 Å². The smallest absolute Gasteiger partial charge is 0.228 e. The van der Waals surface area contributed by atoms with Crippen molar-refractivity contribution < 1.29 is 9.59 Å². The Morgan fingerprint density at radius 2 is 1.75 bits per heavy atom. The van der Waals surface area contributed by atoms with E-state index >= 15 is 0 Å². The van der Waals surface area contributed by atoms with Gasteiger partial charge in [-0.3, -0.25) is 9.59 Å². The Morgan fingerprint density at radius 3 is 2.55 bits per heavy atom. The molecule has 0 aliphatic carbocycles. The topological polar surface area (TPSA) is 46.2 Å². The van der Waals surface area contributed by atoms with Gasteiger partial charge in [-0.1, -0.05) is 42.5 Å². The first-order valence-electron chi connectivity index (χ1n) is 6.68. The van der Waals surface area contributed by atoms with Gasteiger partial charge < -0.3 is 5.32 Å². The zero-order chi connectivity index (χ0) is 13.9. The van der Waals surface area contributed by atoms with E-state index in [1.54, 1.807) is 0 Å². The van der Waals surface area contributed by atoms with Gasteiger partial charge in [-0.2, -0.15) is 0 Å². The molecule has 2 aromatic rings. The Bertz CT molecular complexity index is 662. The maximum Gasteiger partial charge on any atom is 0.228 e. The third-order valence-electron chi connectivity index (χ3n) is 3.44. The molecule has 0 aromatic heterocycles. The zero-order valence-corrected chi connectivity index (χ0v) is 11.1. The van der Waals surface area contributed by atoms with Crippen LogP contribution in [-0.2, 0) is 28.9 Å². The Hall–Kier alpha value is -2.42. The molecule has 0 atom stereocenters. The third kappa shape index (κ3) is 2.77. The second kappa shape index (κ2) is 5.29. The Kier molecular flexibility index (Phi) is 3.33. The van der Waals surface area contributed by atoms with Crippen molar-refractivity contribution in [3.05, 3.63) is 65.2 Å². The summed E-state index contributed by atoms with van der Waals surface area (Å²) in [7, 11) is 0. The predicted molar refractivity (Wildman–Crippen MR) is 77.6 cm³/mol. The monoisotopic (exact) mass is 265 g/mol. The number of ketones is 1. The number of hydrogen-bond acceptors (Lipinski definition) is 2. The summed E-state index contributed by atoms with van der Waals surface area (Å²) in [5, 5.41) is 2.79. The summed E-state index contributed by atoms with van der Waals surface area (Å²) < 4.78 is 0. The van der Waals surface area contributed by atoms with Crippen molar-refractivity contribution >= 4 is 17.4 Å². The first-order valence-corrected chi connectivity index (χ1v) is 6.68. The number of carbonyl (C=O) groups excluding carboxylic acids is 2. The fraction of sp³-hybridized carbons (Fsp3) is 0.176. The van der Waals surface area contributed by atoms with Gasteiger partial charge in [-0.15, -0.1) is 0 Å². The van der Waals surface area contributed by atoms with Crippen LogP contribution >= 0.6 is 0 Å². The first-order chi connectivity index (χ1) is 9.70. The zero-order valence-electron chi connectivity index (χ0n) is 11.1. The van der Waals surface area contributed by atoms with E-state index in [2.05, 4.69) is 5.32 Å². The van der Waals surface area contributed by atoms with E-state index in [1.165, 1.54) is 0 Å². The highest BCUT2D eigenvalue weighted by Gasteiger charge is 2.17. The number of rotatable bonds is 4. The second-order valence-electron chi connectivity index (χ2n) is 5.09. The molecular weight excluding hydrogens is 250 g/mol. The fourth-order valence-corrected chi connectivity index (χ4v) is 2.51. The Balaban J connectivity index is 1.68. The molecule has 0 unspecified atom stereocenters. The highest BCUT2D eigenvalue weighted by Crippen LogP contribution is 2.24. The van der Waals surface area contributed by atoms with Crippen LogP contribution in [0.3, 0.4) is 0 Å². The average Bonchev–Trinajstić information content (AvgIpc) is 2.79. The average molecular weight is 265 g/mol. The van der Waals surface area contributed by atoms with Gasteiger partial charge in [0, 0.05) is 18.5 Å². The molecular formula is C17H15NO2. The van der Waals surface area contributed by atoms with Gasteiger partial charge in [0.15, 0.2) is 0 Å². The van der Waals surface area contributed by atoms with E-state index in [-0.39, 0.29) is 11.7 Å². The molecule has 1 aliphatic rings. The summed E-state index contributed by atoms with van der Waals surface area (Å²) in [6.07, 6.45) is 1.28. The lowest BCUT2D eigenvalue weighted by Gasteiger charge is -2.04. The quantitative estimate of drug-likeness (QED) is 0.923. The lowest BCUT2D eigenvalue weighted by molar-refractivity contribution is -0.118. The maximum absolute atomic E-state index is 12.1. The van der Waals surface area contributed by atoms with E-state index in [4.69, 9.17) is 0 Å². The lowest BCUT2D eigenvalue weighted by atomic mass is 10.0. The molecule has 1 heterocycles. The minimum atomic E-state index is 0.0211. The molecule has 0 spiro atoms. The molecule has 3 rings (SSSR count). The van der Waals surface area contributed by atoms with Crippen molar-refractivity contribution in [1.29, 1.82) is 0 Å². The molecule has 3 heteroatoms. The highest BCUT2D eigenvalue weighted by molar-refractivity contribution is 5.99. The van der Waals surface area contributed by atoms with Crippen LogP contribution in [0.4, 0.5) is 5.69 Å². The van der Waals surface area contributed by atoms with Gasteiger partial charge in [0.25, 0.3) is 0 Å². The van der Waals surface area contributed by atoms with Crippen molar-refractivity contribution in [3.8, 4) is 0 Å². The highest BCUT2D eigenvalue weighted by atomic mass is 16.1. The third-order valence-corrected chi connectivity index (χ3v) is 3.44. The number of carbonyl (C=O) groups is 2. The summed E-state index contributed by atoms with van der Waals surface area (Å²) in [4.78, 5) is 23.4. The molecule has 100 valence electrons. The molecule has 0 bridgehead atoms. The van der Waals surface area contributed by atoms with Gasteiger partial charge >= 0.3 is 0 Å². The standard InChI is InChI=1S/C17H15NO2/c19-15(9-12-4-2-1-3-5-12)10-13-6-7-16-14(8-13)11-17(20)18-16/h1-8H,9-11H2,(H,18,20). The van der Waals surface area contributed by atoms with Gasteiger partial charge in [0.1, 0.15) is 5.78 Å². The van der Waals surface area contributed by atoms with E-state index in [0.717, 1.165) is 22.4 Å². The van der Waals surface area contributed by atoms with Crippen LogP contribution in [0, 0.1) is 0 Å². The summed E-state index contributed by atoms with van der Waals surface area (Å²) in [5.41, 5.74) is 3.87. The Labute approximate surface area is 117 Å². The van der Waals surface area contributed by atoms with E-state index < -0.39 is 0 Å². The molecule has 0 fully saturated rings. The van der Waals surface area contributed by atoms with E-state index in [9.17, 15) is 9.59 Å². The maximum atomic E-state index is 12.1. The largest absolute Gasteiger partial charge is 0.326 e. The summed E-state index contributed by atoms with van der Waals surface area (Å²) >= 11 is 0. The first kappa shape index (κ1) is 12.6. The van der Waals surface area contributed by atoms with Crippen LogP contribution < -0.4 is 5.32 Å². The molecule has 3 nitrogen and oxygen atoms in total. The van der Waals surface area contributed by atoms with Crippen LogP contribution in [0.15, 0.2) is 48.5 Å². The minimum absolute atomic E-state index is 0.0211. The predicted octanol–water partition coefficient (Wildman–Crippen LogP) is 2.54. The molecule has 2 aromatic carbocycles. The Morgan fingerprint density at radius 1 is 1.00 bits per heavy atom. The van der Waals surface area contributed by atoms with Gasteiger partial charge in [0.2, 0.25) is 5.91 Å². The number of benzene rings is 2. The van der Waals surface area contributed by atoms with Gasteiger partial charge in [0.05, 0.1) is 6.42 Å². The van der Waals surface area contributed by atoms with Gasteiger partial charge in [-0.25, -0.2) is 0 Å². The number of anilines is 1. The molecule has 1 N–H and O–H groups in total. The second-order valence-corrected chi connectivity index (χ2v) is 5.09. The van der Waals surface area contributed by atoms with Crippen molar-refractivity contribution in [2.24, 2.45) is 0 Å². The summed E-state index contributed by atoms with van der Waals surface area (Å²) in [5.74, 6) is 0.209. The van der Waals surface area contributed by atoms with E-state index in [0.29, 0.717) is 19.3 Å². The minimum Gasteiger partial charge on any atom is -0.326 e. The van der Waals surface area contributed by atoms with Crippen LogP contribution in [-0.4, -0.2) is 11.7 Å². The molecule has 0 saturated carbocycles. The number of nitrogens with one attached hydrogen (secondary N) is 1. The summed E-state index contributed by atoms with van der Waals surface area (Å²) in [6.45, 7) is 0. The van der Waals surface area contributed by atoms with Crippen LogP contribution in [0.25, 0.3) is 0 Å². The normalized spacial score (nSPS) is 12.9. The number of fused-ring (bicyclic) bond motifs is 1. The van der Waals surface area contributed by atoms with Crippen molar-refractivity contribution in [2.75, 3.05) is 5.32 Å². The van der Waals surface area contributed by atoms with Crippen LogP contribution in [0.1, 0.15) is 16.7 Å². The van der Waals surface area contributed by atoms with Crippen molar-refractivity contribution in [1.82, 2.24) is 0 Å². The lowest BCUT2D eigenvalue weighted by Crippen LogP contribution is -2.06. The van der Waals surface area contributed by atoms with Crippen LogP contribution in [0.2, 0.25) is 0 Å². The summed E-state index contributed by atoms with van der Waals surface area (Å²) in [6, 6.07) is 15.5. The molecule has 20 heavy (non-hydrogen) atoms. The number of hydrogen-bond donors (Lipinski definition) is 1. The van der Waals surface area contributed by atoms with Crippen molar-refractivity contribution in [2.45, 2.75) is 19.3 Å². The number of amides is 1. The molecule has 0 radical (unpaired) electrons. The molecule has 0 saturated heterocycles. The van der Waals surface area contributed by atoms with E-state index in [1.807, 2.05) is 48.5 Å². The van der Waals surface area contributed by atoms with Crippen molar-refractivity contribution in [3.63, 3.8) is 0 Å². The molecule has 1 aliphatic heterocycles. The SMILES string of the molecule is O=C(Cc1ccccc1)Cc1ccc2c(c1)CC(=O)N2. The number of Topliss-reactive ketones (excluding diaryl/α,β-unsaturated/α-hetero) is 1. The molecule has 1 amide bonds. The van der Waals surface area contributed by atoms with Gasteiger partial charge in [-0.05, 0) is 22.8 Å². The fourth-order valence-electron chi connectivity index (χ4n) is 2.51.